The number of hydrogen-bond donors (Lipinski definition) is 1. The molecule has 5 heteroatoms. The number of carbonyl (C=O) groups excluding carboxylic acids is 2. The van der Waals surface area contributed by atoms with Crippen molar-refractivity contribution in [3.05, 3.63) is 35.4 Å². The van der Waals surface area contributed by atoms with Gasteiger partial charge in [-0.1, -0.05) is 45.4 Å². The van der Waals surface area contributed by atoms with E-state index in [1.807, 2.05) is 36.1 Å². The number of nitrogens with zero attached hydrogens (tertiary/aromatic N) is 1. The molecule has 26 heavy (non-hydrogen) atoms. The van der Waals surface area contributed by atoms with Crippen LogP contribution in [0.5, 0.6) is 0 Å². The minimum atomic E-state index is -0.385. The topological polar surface area (TPSA) is 49.4 Å². The molecule has 0 radical (unpaired) electrons. The van der Waals surface area contributed by atoms with Crippen LogP contribution in [0.4, 0.5) is 0 Å². The van der Waals surface area contributed by atoms with Gasteiger partial charge in [0.15, 0.2) is 0 Å². The molecule has 1 aliphatic rings. The van der Waals surface area contributed by atoms with E-state index in [-0.39, 0.29) is 23.2 Å². The molecule has 144 valence electrons. The number of carbonyl (C=O) groups is 2. The summed E-state index contributed by atoms with van der Waals surface area (Å²) >= 11 is 1.73. The first-order valence-corrected chi connectivity index (χ1v) is 10.6. The number of rotatable bonds is 7. The Hall–Kier alpha value is -1.49. The first-order chi connectivity index (χ1) is 12.3. The third kappa shape index (κ3) is 5.50. The first kappa shape index (κ1) is 20.8. The molecular weight excluding hydrogens is 344 g/mol. The second-order valence-electron chi connectivity index (χ2n) is 7.99. The Morgan fingerprint density at radius 1 is 1.15 bits per heavy atom. The van der Waals surface area contributed by atoms with Crippen LogP contribution in [0.2, 0.25) is 0 Å². The molecule has 1 N–H and O–H groups in total. The number of amides is 2. The molecule has 0 bridgehead atoms. The molecule has 0 spiro atoms. The van der Waals surface area contributed by atoms with Crippen molar-refractivity contribution < 1.29 is 9.59 Å². The van der Waals surface area contributed by atoms with E-state index in [2.05, 4.69) is 33.0 Å². The molecule has 1 aromatic carbocycles. The fourth-order valence-corrected chi connectivity index (χ4v) is 4.71. The Kier molecular flexibility index (Phi) is 7.56. The highest BCUT2D eigenvalue weighted by Gasteiger charge is 2.41. The molecule has 0 saturated carbocycles. The molecule has 2 rings (SSSR count). The number of thioether (sulfide) groups is 1. The first-order valence-electron chi connectivity index (χ1n) is 9.58. The van der Waals surface area contributed by atoms with Gasteiger partial charge >= 0.3 is 0 Å². The molecule has 1 heterocycles. The van der Waals surface area contributed by atoms with Crippen molar-refractivity contribution in [3.8, 4) is 0 Å². The summed E-state index contributed by atoms with van der Waals surface area (Å²) in [5.74, 6) is 1.63. The number of hydrogen-bond acceptors (Lipinski definition) is 3. The van der Waals surface area contributed by atoms with Gasteiger partial charge in [0.05, 0.1) is 5.37 Å². The normalized spacial score (nSPS) is 20.0. The predicted octanol–water partition coefficient (Wildman–Crippen LogP) is 4.09. The standard InChI is InChI=1S/C21H32N2O2S/c1-14(2)10-11-22-20(24)18-13-26-19(12-15(3)4)23(18)21(25)17-8-6-16(5)7-9-17/h6-9,14-15,18-19H,10-13H2,1-5H3,(H,22,24). The Balaban J connectivity index is 2.16. The summed E-state index contributed by atoms with van der Waals surface area (Å²) in [6.07, 6.45) is 1.85. The molecule has 0 aromatic heterocycles. The summed E-state index contributed by atoms with van der Waals surface area (Å²) in [6, 6.07) is 7.24. The van der Waals surface area contributed by atoms with E-state index in [0.717, 1.165) is 18.4 Å². The van der Waals surface area contributed by atoms with E-state index in [0.29, 0.717) is 29.7 Å². The van der Waals surface area contributed by atoms with Crippen LogP contribution in [0.3, 0.4) is 0 Å². The van der Waals surface area contributed by atoms with Crippen LogP contribution in [0, 0.1) is 18.8 Å². The summed E-state index contributed by atoms with van der Waals surface area (Å²) in [5, 5.41) is 3.09. The van der Waals surface area contributed by atoms with Crippen molar-refractivity contribution in [1.29, 1.82) is 0 Å². The van der Waals surface area contributed by atoms with Gasteiger partial charge in [-0.15, -0.1) is 11.8 Å². The van der Waals surface area contributed by atoms with E-state index in [1.165, 1.54) is 0 Å². The lowest BCUT2D eigenvalue weighted by atomic mass is 10.1. The van der Waals surface area contributed by atoms with Gasteiger partial charge in [-0.3, -0.25) is 9.59 Å². The van der Waals surface area contributed by atoms with Crippen LogP contribution in [0.25, 0.3) is 0 Å². The number of aryl methyl sites for hydroxylation is 1. The maximum atomic E-state index is 13.2. The minimum Gasteiger partial charge on any atom is -0.354 e. The van der Waals surface area contributed by atoms with Crippen LogP contribution >= 0.6 is 11.8 Å². The van der Waals surface area contributed by atoms with Gasteiger partial charge in [-0.25, -0.2) is 0 Å². The minimum absolute atomic E-state index is 0.0233. The summed E-state index contributed by atoms with van der Waals surface area (Å²) in [6.45, 7) is 11.3. The summed E-state index contributed by atoms with van der Waals surface area (Å²) in [5.41, 5.74) is 1.78. The summed E-state index contributed by atoms with van der Waals surface area (Å²) in [4.78, 5) is 27.7. The second kappa shape index (κ2) is 9.45. The average Bonchev–Trinajstić information content (AvgIpc) is 2.97. The Bertz CT molecular complexity index is 613. The van der Waals surface area contributed by atoms with Crippen molar-refractivity contribution in [3.63, 3.8) is 0 Å². The van der Waals surface area contributed by atoms with Crippen molar-refractivity contribution in [2.45, 2.75) is 58.9 Å². The molecule has 1 aliphatic heterocycles. The van der Waals surface area contributed by atoms with Crippen LogP contribution in [-0.2, 0) is 4.79 Å². The third-order valence-electron chi connectivity index (χ3n) is 4.62. The van der Waals surface area contributed by atoms with Crippen molar-refractivity contribution in [1.82, 2.24) is 10.2 Å². The molecular formula is C21H32N2O2S. The van der Waals surface area contributed by atoms with Gasteiger partial charge in [0.2, 0.25) is 5.91 Å². The number of benzene rings is 1. The predicted molar refractivity (Wildman–Crippen MR) is 109 cm³/mol. The molecule has 2 amide bonds. The van der Waals surface area contributed by atoms with E-state index in [1.54, 1.807) is 11.8 Å². The number of nitrogens with one attached hydrogen (secondary N) is 1. The highest BCUT2D eigenvalue weighted by Crippen LogP contribution is 2.34. The van der Waals surface area contributed by atoms with Crippen LogP contribution < -0.4 is 5.32 Å². The monoisotopic (exact) mass is 376 g/mol. The van der Waals surface area contributed by atoms with E-state index >= 15 is 0 Å². The SMILES string of the molecule is Cc1ccc(C(=O)N2C(CC(C)C)SCC2C(=O)NCCC(C)C)cc1. The van der Waals surface area contributed by atoms with Crippen molar-refractivity contribution in [2.75, 3.05) is 12.3 Å². The Labute approximate surface area is 162 Å². The van der Waals surface area contributed by atoms with Gasteiger partial charge in [0.25, 0.3) is 5.91 Å². The molecule has 1 aromatic rings. The highest BCUT2D eigenvalue weighted by molar-refractivity contribution is 8.00. The third-order valence-corrected chi connectivity index (χ3v) is 5.93. The van der Waals surface area contributed by atoms with Crippen LogP contribution in [-0.4, -0.2) is 40.4 Å². The lowest BCUT2D eigenvalue weighted by molar-refractivity contribution is -0.124. The summed E-state index contributed by atoms with van der Waals surface area (Å²) in [7, 11) is 0. The van der Waals surface area contributed by atoms with E-state index < -0.39 is 0 Å². The van der Waals surface area contributed by atoms with Gasteiger partial charge < -0.3 is 10.2 Å². The van der Waals surface area contributed by atoms with Crippen molar-refractivity contribution in [2.24, 2.45) is 11.8 Å². The van der Waals surface area contributed by atoms with Gasteiger partial charge in [0.1, 0.15) is 6.04 Å². The van der Waals surface area contributed by atoms with Crippen LogP contribution in [0.15, 0.2) is 24.3 Å². The van der Waals surface area contributed by atoms with Crippen molar-refractivity contribution >= 4 is 23.6 Å². The summed E-state index contributed by atoms with van der Waals surface area (Å²) < 4.78 is 0. The van der Waals surface area contributed by atoms with Gasteiger partial charge in [-0.2, -0.15) is 0 Å². The smallest absolute Gasteiger partial charge is 0.255 e. The van der Waals surface area contributed by atoms with E-state index in [4.69, 9.17) is 0 Å². The Morgan fingerprint density at radius 3 is 2.38 bits per heavy atom. The largest absolute Gasteiger partial charge is 0.354 e. The molecule has 1 fully saturated rings. The second-order valence-corrected chi connectivity index (χ2v) is 9.20. The fraction of sp³-hybridized carbons (Fsp3) is 0.619. The zero-order valence-electron chi connectivity index (χ0n) is 16.6. The van der Waals surface area contributed by atoms with Gasteiger partial charge in [0, 0.05) is 17.9 Å². The van der Waals surface area contributed by atoms with Gasteiger partial charge in [-0.05, 0) is 43.7 Å². The quantitative estimate of drug-likeness (QED) is 0.780. The highest BCUT2D eigenvalue weighted by atomic mass is 32.2. The van der Waals surface area contributed by atoms with Crippen LogP contribution in [0.1, 0.15) is 56.5 Å². The fourth-order valence-electron chi connectivity index (χ4n) is 3.07. The molecule has 2 unspecified atom stereocenters. The Morgan fingerprint density at radius 2 is 1.81 bits per heavy atom. The molecule has 2 atom stereocenters. The molecule has 1 saturated heterocycles. The zero-order valence-corrected chi connectivity index (χ0v) is 17.4. The lowest BCUT2D eigenvalue weighted by Crippen LogP contribution is -2.50. The van der Waals surface area contributed by atoms with E-state index in [9.17, 15) is 9.59 Å². The molecule has 0 aliphatic carbocycles. The maximum absolute atomic E-state index is 13.2. The molecule has 4 nitrogen and oxygen atoms in total. The maximum Gasteiger partial charge on any atom is 0.255 e. The lowest BCUT2D eigenvalue weighted by Gasteiger charge is -2.30. The average molecular weight is 377 g/mol. The zero-order chi connectivity index (χ0) is 19.3.